The normalized spacial score (nSPS) is 33.5. The summed E-state index contributed by atoms with van der Waals surface area (Å²) in [6.07, 6.45) is 5.78. The Morgan fingerprint density at radius 1 is 1.40 bits per heavy atom. The molecule has 2 aliphatic carbocycles. The number of hydrogen-bond acceptors (Lipinski definition) is 5. The lowest BCUT2D eigenvalue weighted by Gasteiger charge is -2.21. The van der Waals surface area contributed by atoms with E-state index < -0.39 is 0 Å². The van der Waals surface area contributed by atoms with E-state index >= 15 is 0 Å². The molecule has 15 heavy (non-hydrogen) atoms. The van der Waals surface area contributed by atoms with Crippen LogP contribution in [0.1, 0.15) is 25.7 Å². The quantitative estimate of drug-likeness (QED) is 0.824. The first-order chi connectivity index (χ1) is 7.31. The lowest BCUT2D eigenvalue weighted by molar-refractivity contribution is 0.348. The molecule has 0 aromatic carbocycles. The van der Waals surface area contributed by atoms with Crippen molar-refractivity contribution in [1.29, 1.82) is 0 Å². The molecule has 3 atom stereocenters. The van der Waals surface area contributed by atoms with Gasteiger partial charge in [0.2, 0.25) is 11.1 Å². The topological polar surface area (TPSA) is 63.8 Å². The molecular formula is C10H16N4S. The zero-order valence-corrected chi connectivity index (χ0v) is 9.46. The van der Waals surface area contributed by atoms with Crippen molar-refractivity contribution in [3.8, 4) is 0 Å². The minimum atomic E-state index is 0.385. The molecule has 0 saturated heterocycles. The maximum atomic E-state index is 5.47. The highest BCUT2D eigenvalue weighted by atomic mass is 32.1. The van der Waals surface area contributed by atoms with E-state index in [9.17, 15) is 0 Å². The summed E-state index contributed by atoms with van der Waals surface area (Å²) in [5, 5.41) is 4.23. The largest absolute Gasteiger partial charge is 0.367 e. The van der Waals surface area contributed by atoms with Gasteiger partial charge in [0.15, 0.2) is 0 Å². The summed E-state index contributed by atoms with van der Waals surface area (Å²) >= 11 is 1.36. The third kappa shape index (κ3) is 1.80. The van der Waals surface area contributed by atoms with Gasteiger partial charge in [-0.2, -0.15) is 9.36 Å². The predicted molar refractivity (Wildman–Crippen MR) is 61.7 cm³/mol. The molecule has 1 heterocycles. The van der Waals surface area contributed by atoms with Gasteiger partial charge in [-0.05, 0) is 37.0 Å². The molecule has 1 aromatic heterocycles. The first-order valence-corrected chi connectivity index (χ1v) is 6.41. The molecular weight excluding hydrogens is 208 g/mol. The average molecular weight is 224 g/mol. The summed E-state index contributed by atoms with van der Waals surface area (Å²) < 4.78 is 3.96. The van der Waals surface area contributed by atoms with E-state index in [1.807, 2.05) is 0 Å². The highest BCUT2D eigenvalue weighted by Crippen LogP contribution is 2.48. The van der Waals surface area contributed by atoms with Crippen LogP contribution in [0.4, 0.5) is 11.1 Å². The van der Waals surface area contributed by atoms with Gasteiger partial charge in [-0.3, -0.25) is 0 Å². The molecule has 0 radical (unpaired) electrons. The van der Waals surface area contributed by atoms with Crippen LogP contribution >= 0.6 is 11.5 Å². The van der Waals surface area contributed by atoms with Crippen molar-refractivity contribution in [2.45, 2.75) is 25.7 Å². The Labute approximate surface area is 93.4 Å². The minimum Gasteiger partial charge on any atom is -0.367 e. The maximum Gasteiger partial charge on any atom is 0.233 e. The van der Waals surface area contributed by atoms with E-state index in [4.69, 9.17) is 5.73 Å². The number of aromatic nitrogens is 2. The van der Waals surface area contributed by atoms with Gasteiger partial charge in [0.1, 0.15) is 0 Å². The second kappa shape index (κ2) is 3.63. The lowest BCUT2D eigenvalue weighted by Crippen LogP contribution is -2.20. The first-order valence-electron chi connectivity index (χ1n) is 5.64. The van der Waals surface area contributed by atoms with E-state index in [-0.39, 0.29) is 0 Å². The Morgan fingerprint density at radius 2 is 2.33 bits per heavy atom. The Bertz CT molecular complexity index is 351. The van der Waals surface area contributed by atoms with Gasteiger partial charge in [-0.15, -0.1) is 0 Å². The van der Waals surface area contributed by atoms with Gasteiger partial charge >= 0.3 is 0 Å². The van der Waals surface area contributed by atoms with Crippen LogP contribution in [0.2, 0.25) is 0 Å². The van der Waals surface area contributed by atoms with Gasteiger partial charge in [0.05, 0.1) is 0 Å². The third-order valence-corrected chi connectivity index (χ3v) is 4.53. The van der Waals surface area contributed by atoms with E-state index in [1.54, 1.807) is 0 Å². The second-order valence-electron chi connectivity index (χ2n) is 4.77. The number of nitrogens with two attached hydrogens (primary N) is 1. The lowest BCUT2D eigenvalue weighted by atomic mass is 9.89. The molecule has 0 amide bonds. The molecule has 2 bridgehead atoms. The number of nitrogen functional groups attached to an aromatic ring is 1. The van der Waals surface area contributed by atoms with Gasteiger partial charge in [-0.1, -0.05) is 6.42 Å². The van der Waals surface area contributed by atoms with Gasteiger partial charge in [0.25, 0.3) is 0 Å². The SMILES string of the molecule is Nc1nsc(NCC2CC3CCC2C3)n1. The van der Waals surface area contributed by atoms with Crippen molar-refractivity contribution in [1.82, 2.24) is 9.36 Å². The highest BCUT2D eigenvalue weighted by Gasteiger charge is 2.39. The summed E-state index contributed by atoms with van der Waals surface area (Å²) in [5.74, 6) is 3.22. The fraction of sp³-hybridized carbons (Fsp3) is 0.800. The average Bonchev–Trinajstić information content (AvgIpc) is 2.90. The molecule has 4 nitrogen and oxygen atoms in total. The molecule has 2 fully saturated rings. The smallest absolute Gasteiger partial charge is 0.233 e. The van der Waals surface area contributed by atoms with Crippen LogP contribution in [0, 0.1) is 17.8 Å². The van der Waals surface area contributed by atoms with Gasteiger partial charge in [-0.25, -0.2) is 0 Å². The van der Waals surface area contributed by atoms with Crippen LogP contribution < -0.4 is 11.1 Å². The van der Waals surface area contributed by atoms with Crippen molar-refractivity contribution in [2.24, 2.45) is 17.8 Å². The van der Waals surface area contributed by atoms with Gasteiger partial charge < -0.3 is 11.1 Å². The fourth-order valence-corrected chi connectivity index (χ4v) is 3.65. The summed E-state index contributed by atoms with van der Waals surface area (Å²) in [4.78, 5) is 4.11. The summed E-state index contributed by atoms with van der Waals surface area (Å²) in [6, 6.07) is 0. The summed E-state index contributed by atoms with van der Waals surface area (Å²) in [5.41, 5.74) is 5.47. The third-order valence-electron chi connectivity index (χ3n) is 3.84. The molecule has 5 heteroatoms. The number of rotatable bonds is 3. The number of anilines is 2. The molecule has 2 aliphatic rings. The van der Waals surface area contributed by atoms with Crippen molar-refractivity contribution >= 4 is 22.6 Å². The standard InChI is InChI=1S/C10H16N4S/c11-9-13-10(15-14-9)12-5-8-4-6-1-2-7(8)3-6/h6-8H,1-5H2,(H3,11,12,13,14). The zero-order chi connectivity index (χ0) is 10.3. The van der Waals surface area contributed by atoms with E-state index in [2.05, 4.69) is 14.7 Å². The van der Waals surface area contributed by atoms with E-state index in [1.165, 1.54) is 37.2 Å². The zero-order valence-electron chi connectivity index (χ0n) is 8.65. The monoisotopic (exact) mass is 224 g/mol. The Balaban J connectivity index is 1.54. The molecule has 2 saturated carbocycles. The summed E-state index contributed by atoms with van der Waals surface area (Å²) in [6.45, 7) is 1.05. The van der Waals surface area contributed by atoms with Crippen LogP contribution in [-0.4, -0.2) is 15.9 Å². The number of nitrogens with one attached hydrogen (secondary N) is 1. The fourth-order valence-electron chi connectivity index (χ4n) is 3.15. The molecule has 0 spiro atoms. The Hall–Kier alpha value is -0.840. The van der Waals surface area contributed by atoms with E-state index in [0.717, 1.165) is 29.4 Å². The molecule has 3 unspecified atom stereocenters. The predicted octanol–water partition coefficient (Wildman–Crippen LogP) is 1.97. The van der Waals surface area contributed by atoms with Crippen molar-refractivity contribution in [3.05, 3.63) is 0 Å². The van der Waals surface area contributed by atoms with Crippen molar-refractivity contribution in [2.75, 3.05) is 17.6 Å². The van der Waals surface area contributed by atoms with Crippen LogP contribution in [-0.2, 0) is 0 Å². The minimum absolute atomic E-state index is 0.385. The van der Waals surface area contributed by atoms with Crippen LogP contribution in [0.5, 0.6) is 0 Å². The maximum absolute atomic E-state index is 5.47. The summed E-state index contributed by atoms with van der Waals surface area (Å²) in [7, 11) is 0. The van der Waals surface area contributed by atoms with Crippen LogP contribution in [0.15, 0.2) is 0 Å². The first kappa shape index (κ1) is 9.39. The molecule has 0 aliphatic heterocycles. The molecule has 82 valence electrons. The molecule has 3 N–H and O–H groups in total. The van der Waals surface area contributed by atoms with Crippen LogP contribution in [0.25, 0.3) is 0 Å². The van der Waals surface area contributed by atoms with Gasteiger partial charge in [0, 0.05) is 18.1 Å². The van der Waals surface area contributed by atoms with Crippen molar-refractivity contribution < 1.29 is 0 Å². The second-order valence-corrected chi connectivity index (χ2v) is 5.53. The van der Waals surface area contributed by atoms with Crippen LogP contribution in [0.3, 0.4) is 0 Å². The molecule has 1 aromatic rings. The number of hydrogen-bond donors (Lipinski definition) is 2. The van der Waals surface area contributed by atoms with Crippen molar-refractivity contribution in [3.63, 3.8) is 0 Å². The molecule has 3 rings (SSSR count). The Morgan fingerprint density at radius 3 is 2.93 bits per heavy atom. The number of nitrogens with zero attached hydrogens (tertiary/aromatic N) is 2. The number of fused-ring (bicyclic) bond motifs is 2. The van der Waals surface area contributed by atoms with E-state index in [0.29, 0.717) is 5.95 Å². The Kier molecular flexibility index (Phi) is 2.27. The highest BCUT2D eigenvalue weighted by molar-refractivity contribution is 7.09.